The van der Waals surface area contributed by atoms with Crippen molar-refractivity contribution in [1.82, 2.24) is 4.90 Å². The molecule has 1 atom stereocenters. The second-order valence-corrected chi connectivity index (χ2v) is 7.78. The van der Waals surface area contributed by atoms with Crippen molar-refractivity contribution in [2.45, 2.75) is 31.8 Å². The summed E-state index contributed by atoms with van der Waals surface area (Å²) in [6.45, 7) is 0.434. The molecule has 2 N–H and O–H groups in total. The van der Waals surface area contributed by atoms with Crippen LogP contribution in [-0.2, 0) is 30.4 Å². The molecule has 0 radical (unpaired) electrons. The molecule has 0 saturated carbocycles. The van der Waals surface area contributed by atoms with E-state index in [1.54, 1.807) is 24.3 Å². The lowest BCUT2D eigenvalue weighted by Crippen LogP contribution is -2.41. The van der Waals surface area contributed by atoms with E-state index in [1.807, 2.05) is 17.5 Å². The number of nitrogens with zero attached hydrogens (tertiary/aromatic N) is 1. The standard InChI is InChI=1S/C22H28N2O6S/c1-28-19(25)11-5-6-12-30-18-10-4-3-9-17(18)21(23)22(27)24(15-20(26)29-2)14-16-8-7-13-31-16/h3-4,7-10,13,21H,5-6,11-12,14-15,23H2,1-2H3. The first-order valence-electron chi connectivity index (χ1n) is 9.88. The maximum atomic E-state index is 13.1. The molecule has 8 nitrogen and oxygen atoms in total. The molecule has 0 bridgehead atoms. The van der Waals surface area contributed by atoms with Gasteiger partial charge in [-0.2, -0.15) is 0 Å². The zero-order chi connectivity index (χ0) is 22.6. The van der Waals surface area contributed by atoms with E-state index in [9.17, 15) is 14.4 Å². The summed E-state index contributed by atoms with van der Waals surface area (Å²) in [6.07, 6.45) is 1.61. The lowest BCUT2D eigenvalue weighted by atomic mass is 10.0. The fourth-order valence-electron chi connectivity index (χ4n) is 2.88. The first kappa shape index (κ1) is 24.4. The van der Waals surface area contributed by atoms with Gasteiger partial charge < -0.3 is 24.8 Å². The molecule has 1 aromatic heterocycles. The van der Waals surface area contributed by atoms with Crippen LogP contribution in [0.2, 0.25) is 0 Å². The lowest BCUT2D eigenvalue weighted by Gasteiger charge is -2.25. The molecule has 0 saturated heterocycles. The smallest absolute Gasteiger partial charge is 0.325 e. The van der Waals surface area contributed by atoms with E-state index in [-0.39, 0.29) is 19.1 Å². The number of amides is 1. The van der Waals surface area contributed by atoms with Gasteiger partial charge in [-0.05, 0) is 30.4 Å². The Kier molecular flexibility index (Phi) is 9.99. The zero-order valence-corrected chi connectivity index (χ0v) is 18.6. The summed E-state index contributed by atoms with van der Waals surface area (Å²) in [5, 5.41) is 1.90. The molecule has 0 spiro atoms. The first-order valence-corrected chi connectivity index (χ1v) is 10.8. The third-order valence-electron chi connectivity index (χ3n) is 4.57. The molecule has 9 heteroatoms. The van der Waals surface area contributed by atoms with E-state index in [0.29, 0.717) is 37.2 Å². The van der Waals surface area contributed by atoms with Crippen molar-refractivity contribution in [1.29, 1.82) is 0 Å². The maximum absolute atomic E-state index is 13.1. The van der Waals surface area contributed by atoms with Gasteiger partial charge in [-0.25, -0.2) is 0 Å². The van der Waals surface area contributed by atoms with Crippen molar-refractivity contribution >= 4 is 29.2 Å². The van der Waals surface area contributed by atoms with Crippen LogP contribution < -0.4 is 10.5 Å². The van der Waals surface area contributed by atoms with E-state index in [4.69, 9.17) is 15.2 Å². The molecule has 1 aromatic carbocycles. The summed E-state index contributed by atoms with van der Waals surface area (Å²) in [7, 11) is 2.63. The van der Waals surface area contributed by atoms with Crippen LogP contribution >= 0.6 is 11.3 Å². The third-order valence-corrected chi connectivity index (χ3v) is 5.43. The van der Waals surface area contributed by atoms with Gasteiger partial charge in [-0.3, -0.25) is 14.4 Å². The van der Waals surface area contributed by atoms with Gasteiger partial charge in [0.15, 0.2) is 0 Å². The molecule has 1 unspecified atom stereocenters. The van der Waals surface area contributed by atoms with Crippen LogP contribution in [-0.4, -0.2) is 50.1 Å². The van der Waals surface area contributed by atoms with Crippen molar-refractivity contribution in [3.63, 3.8) is 0 Å². The second kappa shape index (κ2) is 12.7. The summed E-state index contributed by atoms with van der Waals surface area (Å²) < 4.78 is 15.2. The number of para-hydroxylation sites is 1. The predicted octanol–water partition coefficient (Wildman–Crippen LogP) is 2.67. The second-order valence-electron chi connectivity index (χ2n) is 6.75. The van der Waals surface area contributed by atoms with E-state index >= 15 is 0 Å². The number of carbonyl (C=O) groups excluding carboxylic acids is 3. The summed E-state index contributed by atoms with van der Waals surface area (Å²) in [4.78, 5) is 38.5. The molecule has 2 aromatic rings. The SMILES string of the molecule is COC(=O)CCCCOc1ccccc1C(N)C(=O)N(CC(=O)OC)Cc1cccs1. The van der Waals surface area contributed by atoms with Gasteiger partial charge in [0.05, 0.1) is 27.4 Å². The Bertz CT molecular complexity index is 855. The Balaban J connectivity index is 2.06. The van der Waals surface area contributed by atoms with Crippen molar-refractivity contribution in [2.24, 2.45) is 5.73 Å². The van der Waals surface area contributed by atoms with E-state index in [2.05, 4.69) is 4.74 Å². The molecule has 1 heterocycles. The largest absolute Gasteiger partial charge is 0.493 e. The van der Waals surface area contributed by atoms with Crippen molar-refractivity contribution < 1.29 is 28.6 Å². The van der Waals surface area contributed by atoms with E-state index in [0.717, 1.165) is 4.88 Å². The number of methoxy groups -OCH3 is 2. The lowest BCUT2D eigenvalue weighted by molar-refractivity contribution is -0.147. The molecule has 31 heavy (non-hydrogen) atoms. The van der Waals surface area contributed by atoms with Crippen molar-refractivity contribution in [3.8, 4) is 5.75 Å². The average Bonchev–Trinajstić information content (AvgIpc) is 3.30. The number of esters is 2. The molecular formula is C22H28N2O6S. The number of unbranched alkanes of at least 4 members (excludes halogenated alkanes) is 1. The first-order chi connectivity index (χ1) is 15.0. The van der Waals surface area contributed by atoms with Crippen LogP contribution in [0.25, 0.3) is 0 Å². The Labute approximate surface area is 185 Å². The minimum Gasteiger partial charge on any atom is -0.493 e. The molecule has 0 aliphatic carbocycles. The number of rotatable bonds is 12. The maximum Gasteiger partial charge on any atom is 0.325 e. The highest BCUT2D eigenvalue weighted by atomic mass is 32.1. The van der Waals surface area contributed by atoms with E-state index < -0.39 is 17.9 Å². The number of ether oxygens (including phenoxy) is 3. The average molecular weight is 449 g/mol. The molecule has 0 aliphatic rings. The minimum atomic E-state index is -1.00. The Morgan fingerprint density at radius 3 is 2.45 bits per heavy atom. The number of carbonyl (C=O) groups is 3. The van der Waals surface area contributed by atoms with Gasteiger partial charge in [0.1, 0.15) is 18.3 Å². The molecule has 168 valence electrons. The highest BCUT2D eigenvalue weighted by Crippen LogP contribution is 2.26. The van der Waals surface area contributed by atoms with Crippen LogP contribution in [0, 0.1) is 0 Å². The Morgan fingerprint density at radius 2 is 1.77 bits per heavy atom. The van der Waals surface area contributed by atoms with Crippen LogP contribution in [0.5, 0.6) is 5.75 Å². The number of hydrogen-bond acceptors (Lipinski definition) is 8. The number of nitrogens with two attached hydrogens (primary N) is 1. The zero-order valence-electron chi connectivity index (χ0n) is 17.7. The molecular weight excluding hydrogens is 420 g/mol. The Morgan fingerprint density at radius 1 is 1.03 bits per heavy atom. The van der Waals surface area contributed by atoms with Gasteiger partial charge in [0.25, 0.3) is 0 Å². The normalized spacial score (nSPS) is 11.5. The van der Waals surface area contributed by atoms with Gasteiger partial charge in [0, 0.05) is 16.9 Å². The van der Waals surface area contributed by atoms with Crippen LogP contribution in [0.3, 0.4) is 0 Å². The summed E-state index contributed by atoms with van der Waals surface area (Å²) in [5.41, 5.74) is 6.82. The van der Waals surface area contributed by atoms with Crippen LogP contribution in [0.1, 0.15) is 35.7 Å². The van der Waals surface area contributed by atoms with E-state index in [1.165, 1.54) is 30.5 Å². The Hall–Kier alpha value is -2.91. The highest BCUT2D eigenvalue weighted by Gasteiger charge is 2.27. The van der Waals surface area contributed by atoms with Gasteiger partial charge in [-0.15, -0.1) is 11.3 Å². The highest BCUT2D eigenvalue weighted by molar-refractivity contribution is 7.09. The summed E-state index contributed by atoms with van der Waals surface area (Å²) in [6, 6.07) is 9.80. The monoisotopic (exact) mass is 448 g/mol. The van der Waals surface area contributed by atoms with Gasteiger partial charge >= 0.3 is 11.9 Å². The summed E-state index contributed by atoms with van der Waals surface area (Å²) in [5.74, 6) is -0.687. The van der Waals surface area contributed by atoms with Crippen LogP contribution in [0.4, 0.5) is 0 Å². The third kappa shape index (κ3) is 7.69. The number of thiophene rings is 1. The predicted molar refractivity (Wildman–Crippen MR) is 116 cm³/mol. The quantitative estimate of drug-likeness (QED) is 0.393. The van der Waals surface area contributed by atoms with Crippen molar-refractivity contribution in [3.05, 3.63) is 52.2 Å². The molecule has 1 amide bonds. The van der Waals surface area contributed by atoms with Gasteiger partial charge in [0.2, 0.25) is 5.91 Å². The number of hydrogen-bond donors (Lipinski definition) is 1. The van der Waals surface area contributed by atoms with Crippen molar-refractivity contribution in [2.75, 3.05) is 27.4 Å². The minimum absolute atomic E-state index is 0.197. The van der Waals surface area contributed by atoms with Crippen LogP contribution in [0.15, 0.2) is 41.8 Å². The summed E-state index contributed by atoms with van der Waals surface area (Å²) >= 11 is 1.49. The fraction of sp³-hybridized carbons (Fsp3) is 0.409. The molecule has 2 rings (SSSR count). The molecule has 0 aliphatic heterocycles. The fourth-order valence-corrected chi connectivity index (χ4v) is 3.60. The van der Waals surface area contributed by atoms with Gasteiger partial charge in [-0.1, -0.05) is 24.3 Å². The number of benzene rings is 1. The topological polar surface area (TPSA) is 108 Å². The molecule has 0 fully saturated rings.